The highest BCUT2D eigenvalue weighted by molar-refractivity contribution is 7.99. The molecule has 0 aromatic heterocycles. The number of ether oxygens (including phenoxy) is 2. The first-order valence-corrected chi connectivity index (χ1v) is 8.41. The first kappa shape index (κ1) is 15.7. The molecule has 1 aliphatic heterocycles. The molecule has 0 aliphatic carbocycles. The Morgan fingerprint density at radius 2 is 1.78 bits per heavy atom. The lowest BCUT2D eigenvalue weighted by atomic mass is 10.1. The summed E-state index contributed by atoms with van der Waals surface area (Å²) in [6, 6.07) is 13.4. The fraction of sp³-hybridized carbons (Fsp3) is 0.278. The van der Waals surface area contributed by atoms with Crippen molar-refractivity contribution >= 4 is 23.4 Å². The summed E-state index contributed by atoms with van der Waals surface area (Å²) in [6.45, 7) is 2.07. The van der Waals surface area contributed by atoms with Crippen LogP contribution in [0.2, 0.25) is 0 Å². The number of carbonyl (C=O) groups excluding carboxylic acids is 1. The highest BCUT2D eigenvalue weighted by atomic mass is 32.2. The molecular formula is C18H19NO3S. The van der Waals surface area contributed by atoms with Crippen molar-refractivity contribution in [3.05, 3.63) is 48.0 Å². The molecule has 120 valence electrons. The van der Waals surface area contributed by atoms with E-state index in [4.69, 9.17) is 9.47 Å². The van der Waals surface area contributed by atoms with Crippen molar-refractivity contribution in [2.45, 2.75) is 17.9 Å². The Labute approximate surface area is 140 Å². The van der Waals surface area contributed by atoms with Gasteiger partial charge in [0, 0.05) is 28.3 Å². The van der Waals surface area contributed by atoms with Crippen LogP contribution in [0, 0.1) is 0 Å². The van der Waals surface area contributed by atoms with E-state index in [1.807, 2.05) is 23.1 Å². The summed E-state index contributed by atoms with van der Waals surface area (Å²) in [5.74, 6) is 2.06. The number of hydrogen-bond donors (Lipinski definition) is 0. The number of benzene rings is 2. The minimum atomic E-state index is -0.0394. The Balaban J connectivity index is 2.03. The van der Waals surface area contributed by atoms with Gasteiger partial charge in [-0.2, -0.15) is 0 Å². The number of methoxy groups -OCH3 is 2. The fourth-order valence-corrected chi connectivity index (χ4v) is 3.74. The first-order chi connectivity index (χ1) is 11.1. The van der Waals surface area contributed by atoms with E-state index in [1.165, 1.54) is 0 Å². The molecule has 0 radical (unpaired) electrons. The number of anilines is 1. The largest absolute Gasteiger partial charge is 0.497 e. The molecule has 23 heavy (non-hydrogen) atoms. The lowest BCUT2D eigenvalue weighted by molar-refractivity contribution is 0.0979. The molecule has 4 nitrogen and oxygen atoms in total. The molecule has 1 heterocycles. The van der Waals surface area contributed by atoms with Crippen LogP contribution in [-0.2, 0) is 0 Å². The van der Waals surface area contributed by atoms with E-state index in [2.05, 4.69) is 13.0 Å². The van der Waals surface area contributed by atoms with Crippen LogP contribution in [0.3, 0.4) is 0 Å². The Morgan fingerprint density at radius 3 is 2.43 bits per heavy atom. The van der Waals surface area contributed by atoms with Crippen molar-refractivity contribution in [2.24, 2.45) is 0 Å². The van der Waals surface area contributed by atoms with Crippen LogP contribution in [0.1, 0.15) is 17.3 Å². The van der Waals surface area contributed by atoms with Gasteiger partial charge in [-0.15, -0.1) is 11.8 Å². The molecule has 0 bridgehead atoms. The number of nitrogens with zero attached hydrogens (tertiary/aromatic N) is 1. The maximum Gasteiger partial charge on any atom is 0.258 e. The van der Waals surface area contributed by atoms with Crippen LogP contribution >= 0.6 is 11.8 Å². The summed E-state index contributed by atoms with van der Waals surface area (Å²) in [5, 5.41) is 0. The number of thioether (sulfide) groups is 1. The van der Waals surface area contributed by atoms with Crippen LogP contribution < -0.4 is 14.4 Å². The van der Waals surface area contributed by atoms with Gasteiger partial charge in [-0.3, -0.25) is 4.79 Å². The average Bonchev–Trinajstić information content (AvgIpc) is 2.60. The average molecular weight is 329 g/mol. The molecule has 0 saturated heterocycles. The zero-order valence-electron chi connectivity index (χ0n) is 13.4. The van der Waals surface area contributed by atoms with Crippen molar-refractivity contribution in [3.63, 3.8) is 0 Å². The van der Waals surface area contributed by atoms with Crippen molar-refractivity contribution in [1.82, 2.24) is 0 Å². The molecule has 0 spiro atoms. The smallest absolute Gasteiger partial charge is 0.258 e. The quantitative estimate of drug-likeness (QED) is 0.857. The number of rotatable bonds is 3. The van der Waals surface area contributed by atoms with E-state index < -0.39 is 0 Å². The second-order valence-electron chi connectivity index (χ2n) is 5.40. The summed E-state index contributed by atoms with van der Waals surface area (Å²) in [5.41, 5.74) is 1.53. The molecule has 1 atom stereocenters. The van der Waals surface area contributed by atoms with Crippen LogP contribution in [0.4, 0.5) is 5.69 Å². The molecule has 0 N–H and O–H groups in total. The lowest BCUT2D eigenvalue weighted by Gasteiger charge is -2.35. The highest BCUT2D eigenvalue weighted by Crippen LogP contribution is 2.38. The first-order valence-electron chi connectivity index (χ1n) is 7.42. The summed E-state index contributed by atoms with van der Waals surface area (Å²) < 4.78 is 10.6. The Hall–Kier alpha value is -2.14. The minimum Gasteiger partial charge on any atom is -0.497 e. The molecule has 1 unspecified atom stereocenters. The van der Waals surface area contributed by atoms with Gasteiger partial charge in [0.2, 0.25) is 0 Å². The second kappa shape index (κ2) is 6.54. The third kappa shape index (κ3) is 3.01. The SMILES string of the molecule is COc1cc(OC)cc(C(=O)N2c3ccccc3SCC2C)c1. The number of hydrogen-bond acceptors (Lipinski definition) is 4. The number of amides is 1. The van der Waals surface area contributed by atoms with Crippen LogP contribution in [0.5, 0.6) is 11.5 Å². The third-order valence-electron chi connectivity index (χ3n) is 3.86. The summed E-state index contributed by atoms with van der Waals surface area (Å²) in [4.78, 5) is 16.1. The minimum absolute atomic E-state index is 0.0394. The van der Waals surface area contributed by atoms with Gasteiger partial charge in [0.05, 0.1) is 19.9 Å². The molecule has 5 heteroatoms. The third-order valence-corrected chi connectivity index (χ3v) is 5.17. The Morgan fingerprint density at radius 1 is 1.13 bits per heavy atom. The molecule has 3 rings (SSSR count). The summed E-state index contributed by atoms with van der Waals surface area (Å²) in [6.07, 6.45) is 0. The van der Waals surface area contributed by atoms with E-state index in [0.717, 1.165) is 16.3 Å². The van der Waals surface area contributed by atoms with Gasteiger partial charge in [0.15, 0.2) is 0 Å². The maximum atomic E-state index is 13.1. The van der Waals surface area contributed by atoms with Crippen LogP contribution in [0.15, 0.2) is 47.4 Å². The molecule has 1 amide bonds. The predicted molar refractivity (Wildman–Crippen MR) is 93.0 cm³/mol. The van der Waals surface area contributed by atoms with Crippen molar-refractivity contribution in [1.29, 1.82) is 0 Å². The van der Waals surface area contributed by atoms with Gasteiger partial charge >= 0.3 is 0 Å². The van der Waals surface area contributed by atoms with Crippen molar-refractivity contribution in [2.75, 3.05) is 24.9 Å². The maximum absolute atomic E-state index is 13.1. The topological polar surface area (TPSA) is 38.8 Å². The summed E-state index contributed by atoms with van der Waals surface area (Å²) in [7, 11) is 3.16. The van der Waals surface area contributed by atoms with E-state index in [0.29, 0.717) is 17.1 Å². The van der Waals surface area contributed by atoms with Crippen LogP contribution in [0.25, 0.3) is 0 Å². The zero-order valence-corrected chi connectivity index (χ0v) is 14.2. The Kier molecular flexibility index (Phi) is 4.48. The van der Waals surface area contributed by atoms with Gasteiger partial charge in [-0.05, 0) is 31.2 Å². The molecular weight excluding hydrogens is 310 g/mol. The number of fused-ring (bicyclic) bond motifs is 1. The molecule has 2 aromatic carbocycles. The van der Waals surface area contributed by atoms with Crippen molar-refractivity contribution in [3.8, 4) is 11.5 Å². The van der Waals surface area contributed by atoms with Gasteiger partial charge in [0.25, 0.3) is 5.91 Å². The van der Waals surface area contributed by atoms with Crippen LogP contribution in [-0.4, -0.2) is 31.9 Å². The molecule has 0 fully saturated rings. The normalized spacial score (nSPS) is 16.7. The zero-order chi connectivity index (χ0) is 16.4. The summed E-state index contributed by atoms with van der Waals surface area (Å²) >= 11 is 1.79. The number of carbonyl (C=O) groups is 1. The van der Waals surface area contributed by atoms with E-state index in [-0.39, 0.29) is 11.9 Å². The molecule has 0 saturated carbocycles. The molecule has 2 aromatic rings. The lowest BCUT2D eigenvalue weighted by Crippen LogP contribution is -2.42. The van der Waals surface area contributed by atoms with Crippen molar-refractivity contribution < 1.29 is 14.3 Å². The molecule has 1 aliphatic rings. The van der Waals surface area contributed by atoms with Gasteiger partial charge < -0.3 is 14.4 Å². The van der Waals surface area contributed by atoms with E-state index in [9.17, 15) is 4.79 Å². The van der Waals surface area contributed by atoms with Gasteiger partial charge in [0.1, 0.15) is 11.5 Å². The Bertz CT molecular complexity index is 710. The number of para-hydroxylation sites is 1. The second-order valence-corrected chi connectivity index (χ2v) is 6.47. The highest BCUT2D eigenvalue weighted by Gasteiger charge is 2.29. The fourth-order valence-electron chi connectivity index (χ4n) is 2.68. The van der Waals surface area contributed by atoms with E-state index >= 15 is 0 Å². The van der Waals surface area contributed by atoms with Gasteiger partial charge in [-0.1, -0.05) is 12.1 Å². The predicted octanol–water partition coefficient (Wildman–Crippen LogP) is 3.84. The monoisotopic (exact) mass is 329 g/mol. The van der Waals surface area contributed by atoms with E-state index in [1.54, 1.807) is 44.2 Å². The van der Waals surface area contributed by atoms with Gasteiger partial charge in [-0.25, -0.2) is 0 Å². The standard InChI is InChI=1S/C18H19NO3S/c1-12-11-23-17-7-5-4-6-16(17)19(12)18(20)13-8-14(21-2)10-15(9-13)22-3/h4-10,12H,11H2,1-3H3.